The highest BCUT2D eigenvalue weighted by atomic mass is 35.5. The van der Waals surface area contributed by atoms with E-state index in [-0.39, 0.29) is 29.3 Å². The Morgan fingerprint density at radius 3 is 2.57 bits per heavy atom. The zero-order chi connectivity index (χ0) is 20.3. The Morgan fingerprint density at radius 1 is 1.21 bits per heavy atom. The summed E-state index contributed by atoms with van der Waals surface area (Å²) in [5, 5.41) is -0.0433. The van der Waals surface area contributed by atoms with Gasteiger partial charge in [0.15, 0.2) is 6.61 Å². The first-order valence-electron chi connectivity index (χ1n) is 8.35. The van der Waals surface area contributed by atoms with Gasteiger partial charge in [0.2, 0.25) is 0 Å². The summed E-state index contributed by atoms with van der Waals surface area (Å²) in [6, 6.07) is 12.5. The molecule has 0 spiro atoms. The third-order valence-electron chi connectivity index (χ3n) is 3.96. The Labute approximate surface area is 171 Å². The Morgan fingerprint density at radius 2 is 1.93 bits per heavy atom. The molecule has 6 nitrogen and oxygen atoms in total. The molecule has 0 radical (unpaired) electrons. The maximum atomic E-state index is 12.6. The molecule has 1 saturated heterocycles. The van der Waals surface area contributed by atoms with Crippen LogP contribution in [0.5, 0.6) is 5.75 Å². The number of amides is 3. The SMILES string of the molecule is Cc1ccc(CN2C(=O)S/C(=C\c3ccc(OCC(N)=O)c(Cl)c3)C2=O)cc1. The number of hydrogen-bond donors (Lipinski definition) is 1. The van der Waals surface area contributed by atoms with Gasteiger partial charge >= 0.3 is 0 Å². The van der Waals surface area contributed by atoms with Crippen LogP contribution < -0.4 is 10.5 Å². The van der Waals surface area contributed by atoms with Crippen LogP contribution in [0.15, 0.2) is 47.4 Å². The monoisotopic (exact) mass is 416 g/mol. The highest BCUT2D eigenvalue weighted by Gasteiger charge is 2.34. The molecule has 0 saturated carbocycles. The van der Waals surface area contributed by atoms with Crippen LogP contribution in [-0.4, -0.2) is 28.6 Å². The third kappa shape index (κ3) is 4.74. The summed E-state index contributed by atoms with van der Waals surface area (Å²) in [6.45, 7) is 1.92. The molecule has 1 aliphatic rings. The van der Waals surface area contributed by atoms with Crippen LogP contribution in [0.2, 0.25) is 5.02 Å². The van der Waals surface area contributed by atoms with Gasteiger partial charge in [0, 0.05) is 0 Å². The molecule has 2 aromatic carbocycles. The number of primary amides is 1. The van der Waals surface area contributed by atoms with Gasteiger partial charge in [0.1, 0.15) is 5.75 Å². The van der Waals surface area contributed by atoms with Crippen molar-refractivity contribution >= 4 is 46.5 Å². The minimum Gasteiger partial charge on any atom is -0.482 e. The van der Waals surface area contributed by atoms with Crippen LogP contribution in [0.4, 0.5) is 4.79 Å². The molecule has 28 heavy (non-hydrogen) atoms. The number of ether oxygens (including phenoxy) is 1. The molecule has 8 heteroatoms. The molecule has 1 heterocycles. The lowest BCUT2D eigenvalue weighted by Crippen LogP contribution is -2.27. The predicted octanol–water partition coefficient (Wildman–Crippen LogP) is 3.75. The van der Waals surface area contributed by atoms with E-state index >= 15 is 0 Å². The summed E-state index contributed by atoms with van der Waals surface area (Å²) < 4.78 is 5.19. The van der Waals surface area contributed by atoms with E-state index in [1.54, 1.807) is 24.3 Å². The summed E-state index contributed by atoms with van der Waals surface area (Å²) in [6.07, 6.45) is 1.60. The second-order valence-electron chi connectivity index (χ2n) is 6.20. The van der Waals surface area contributed by atoms with Crippen molar-refractivity contribution in [2.75, 3.05) is 6.61 Å². The minimum atomic E-state index is -0.609. The lowest BCUT2D eigenvalue weighted by molar-refractivity contribution is -0.123. The lowest BCUT2D eigenvalue weighted by Gasteiger charge is -2.12. The quantitative estimate of drug-likeness (QED) is 0.724. The van der Waals surface area contributed by atoms with Gasteiger partial charge in [-0.3, -0.25) is 19.3 Å². The van der Waals surface area contributed by atoms with E-state index in [4.69, 9.17) is 22.1 Å². The molecule has 1 aliphatic heterocycles. The van der Waals surface area contributed by atoms with Crippen molar-refractivity contribution in [3.8, 4) is 5.75 Å². The fraction of sp³-hybridized carbons (Fsp3) is 0.150. The number of carbonyl (C=O) groups is 3. The molecular weight excluding hydrogens is 400 g/mol. The Bertz CT molecular complexity index is 973. The molecule has 0 bridgehead atoms. The number of rotatable bonds is 6. The number of hydrogen-bond acceptors (Lipinski definition) is 5. The molecular formula is C20H17ClN2O4S. The molecule has 1 fully saturated rings. The molecule has 0 aromatic heterocycles. The van der Waals surface area contributed by atoms with Gasteiger partial charge in [-0.05, 0) is 48.0 Å². The van der Waals surface area contributed by atoms with E-state index in [0.29, 0.717) is 16.2 Å². The van der Waals surface area contributed by atoms with Gasteiger partial charge in [0.05, 0.1) is 16.5 Å². The van der Waals surface area contributed by atoms with Gasteiger partial charge in [-0.15, -0.1) is 0 Å². The standard InChI is InChI=1S/C20H17ClN2O4S/c1-12-2-4-13(5-3-12)10-23-19(25)17(28-20(23)26)9-14-6-7-16(15(21)8-14)27-11-18(22)24/h2-9H,10-11H2,1H3,(H2,22,24)/b17-9-. The first-order valence-corrected chi connectivity index (χ1v) is 9.54. The van der Waals surface area contributed by atoms with Crippen molar-refractivity contribution in [3.63, 3.8) is 0 Å². The highest BCUT2D eigenvalue weighted by molar-refractivity contribution is 8.18. The first-order chi connectivity index (χ1) is 13.3. The van der Waals surface area contributed by atoms with E-state index in [1.807, 2.05) is 31.2 Å². The summed E-state index contributed by atoms with van der Waals surface area (Å²) in [5.74, 6) is -0.645. The van der Waals surface area contributed by atoms with E-state index in [2.05, 4.69) is 0 Å². The van der Waals surface area contributed by atoms with Crippen LogP contribution >= 0.6 is 23.4 Å². The number of benzene rings is 2. The lowest BCUT2D eigenvalue weighted by atomic mass is 10.1. The van der Waals surface area contributed by atoms with Crippen molar-refractivity contribution in [2.45, 2.75) is 13.5 Å². The van der Waals surface area contributed by atoms with E-state index < -0.39 is 5.91 Å². The average Bonchev–Trinajstić information content (AvgIpc) is 2.90. The van der Waals surface area contributed by atoms with Crippen molar-refractivity contribution in [1.82, 2.24) is 4.90 Å². The van der Waals surface area contributed by atoms with Crippen LogP contribution in [0, 0.1) is 6.92 Å². The van der Waals surface area contributed by atoms with Gasteiger partial charge in [-0.1, -0.05) is 47.5 Å². The summed E-state index contributed by atoms with van der Waals surface area (Å²) in [4.78, 5) is 37.2. The highest BCUT2D eigenvalue weighted by Crippen LogP contribution is 2.34. The number of aryl methyl sites for hydroxylation is 1. The van der Waals surface area contributed by atoms with E-state index in [9.17, 15) is 14.4 Å². The van der Waals surface area contributed by atoms with E-state index in [1.165, 1.54) is 4.90 Å². The minimum absolute atomic E-state index is 0.225. The van der Waals surface area contributed by atoms with Gasteiger partial charge in [0.25, 0.3) is 17.1 Å². The van der Waals surface area contributed by atoms with Crippen molar-refractivity contribution in [1.29, 1.82) is 0 Å². The third-order valence-corrected chi connectivity index (χ3v) is 5.16. The number of halogens is 1. The van der Waals surface area contributed by atoms with Crippen molar-refractivity contribution in [3.05, 3.63) is 69.1 Å². The molecule has 3 amide bonds. The molecule has 0 unspecified atom stereocenters. The second kappa shape index (κ2) is 8.50. The molecule has 0 aliphatic carbocycles. The molecule has 2 aromatic rings. The maximum absolute atomic E-state index is 12.6. The van der Waals surface area contributed by atoms with E-state index in [0.717, 1.165) is 22.9 Å². The van der Waals surface area contributed by atoms with Crippen molar-refractivity contribution in [2.24, 2.45) is 5.73 Å². The number of nitrogens with zero attached hydrogens (tertiary/aromatic N) is 1. The average molecular weight is 417 g/mol. The maximum Gasteiger partial charge on any atom is 0.293 e. The summed E-state index contributed by atoms with van der Waals surface area (Å²) >= 11 is 7.02. The fourth-order valence-corrected chi connectivity index (χ4v) is 3.62. The molecule has 0 atom stereocenters. The van der Waals surface area contributed by atoms with Crippen molar-refractivity contribution < 1.29 is 19.1 Å². The summed E-state index contributed by atoms with van der Waals surface area (Å²) in [7, 11) is 0. The Hall–Kier alpha value is -2.77. The molecule has 144 valence electrons. The zero-order valence-corrected chi connectivity index (χ0v) is 16.5. The van der Waals surface area contributed by atoms with Crippen LogP contribution in [-0.2, 0) is 16.1 Å². The topological polar surface area (TPSA) is 89.7 Å². The summed E-state index contributed by atoms with van der Waals surface area (Å²) in [5.41, 5.74) is 7.67. The Balaban J connectivity index is 1.75. The predicted molar refractivity (Wildman–Crippen MR) is 109 cm³/mol. The van der Waals surface area contributed by atoms with Gasteiger partial charge < -0.3 is 10.5 Å². The molecule has 2 N–H and O–H groups in total. The zero-order valence-electron chi connectivity index (χ0n) is 15.0. The normalized spacial score (nSPS) is 15.4. The van der Waals surface area contributed by atoms with Gasteiger partial charge in [-0.25, -0.2) is 0 Å². The second-order valence-corrected chi connectivity index (χ2v) is 7.60. The molecule has 3 rings (SSSR count). The number of carbonyl (C=O) groups excluding carboxylic acids is 3. The van der Waals surface area contributed by atoms with Gasteiger partial charge in [-0.2, -0.15) is 0 Å². The number of imide groups is 1. The first kappa shape index (κ1) is 20.0. The Kier molecular flexibility index (Phi) is 6.06. The fourth-order valence-electron chi connectivity index (χ4n) is 2.54. The van der Waals surface area contributed by atoms with Crippen LogP contribution in [0.1, 0.15) is 16.7 Å². The largest absolute Gasteiger partial charge is 0.482 e. The van der Waals surface area contributed by atoms with Crippen LogP contribution in [0.3, 0.4) is 0 Å². The number of nitrogens with two attached hydrogens (primary N) is 1. The number of thioether (sulfide) groups is 1. The van der Waals surface area contributed by atoms with Crippen LogP contribution in [0.25, 0.3) is 6.08 Å². The smallest absolute Gasteiger partial charge is 0.293 e.